The number of carboxylic acid groups (broad SMARTS) is 1. The maximum Gasteiger partial charge on any atom is 0.326 e. The van der Waals surface area contributed by atoms with E-state index in [0.29, 0.717) is 13.0 Å². The maximum absolute atomic E-state index is 11.6. The third-order valence-electron chi connectivity index (χ3n) is 2.85. The molecule has 3 N–H and O–H groups in total. The highest BCUT2D eigenvalue weighted by Gasteiger charge is 2.20. The fourth-order valence-corrected chi connectivity index (χ4v) is 1.87. The van der Waals surface area contributed by atoms with Crippen molar-refractivity contribution in [1.29, 1.82) is 0 Å². The Morgan fingerprint density at radius 3 is 2.40 bits per heavy atom. The highest BCUT2D eigenvalue weighted by atomic mass is 16.4. The number of amides is 2. The normalized spacial score (nSPS) is 11.9. The molecule has 0 radical (unpaired) electrons. The molecule has 2 amide bonds. The number of hydrogen-bond acceptors (Lipinski definition) is 2. The number of nitrogens with one attached hydrogen (secondary N) is 2. The highest BCUT2D eigenvalue weighted by molar-refractivity contribution is 5.82. The first-order valence-corrected chi connectivity index (χ1v) is 6.80. The number of hydrogen-bond donors (Lipinski definition) is 3. The third-order valence-corrected chi connectivity index (χ3v) is 2.85. The quantitative estimate of drug-likeness (QED) is 0.714. The van der Waals surface area contributed by atoms with Gasteiger partial charge < -0.3 is 15.7 Å². The van der Waals surface area contributed by atoms with Gasteiger partial charge in [-0.15, -0.1) is 0 Å². The molecule has 110 valence electrons. The summed E-state index contributed by atoms with van der Waals surface area (Å²) in [5.74, 6) is -0.794. The molecule has 0 heterocycles. The van der Waals surface area contributed by atoms with Crippen molar-refractivity contribution in [3.05, 3.63) is 35.9 Å². The van der Waals surface area contributed by atoms with E-state index in [0.717, 1.165) is 12.0 Å². The van der Waals surface area contributed by atoms with E-state index in [1.807, 2.05) is 44.2 Å². The summed E-state index contributed by atoms with van der Waals surface area (Å²) in [7, 11) is 0. The third kappa shape index (κ3) is 6.22. The van der Waals surface area contributed by atoms with Crippen molar-refractivity contribution in [2.75, 3.05) is 6.54 Å². The van der Waals surface area contributed by atoms with Gasteiger partial charge in [0.15, 0.2) is 0 Å². The molecule has 5 nitrogen and oxygen atoms in total. The standard InChI is InChI=1S/C15H22N2O3/c1-11(2)10-13(14(18)19)17-15(20)16-9-8-12-6-4-3-5-7-12/h3-7,11,13H,8-10H2,1-2H3,(H,18,19)(H2,16,17,20)/t13-/m0/s1. The highest BCUT2D eigenvalue weighted by Crippen LogP contribution is 2.04. The molecule has 0 aliphatic rings. The molecular weight excluding hydrogens is 256 g/mol. The lowest BCUT2D eigenvalue weighted by molar-refractivity contribution is -0.139. The average molecular weight is 278 g/mol. The van der Waals surface area contributed by atoms with E-state index in [1.54, 1.807) is 0 Å². The molecule has 0 spiro atoms. The number of urea groups is 1. The Hall–Kier alpha value is -2.04. The number of carboxylic acids is 1. The van der Waals surface area contributed by atoms with Crippen LogP contribution in [0.25, 0.3) is 0 Å². The van der Waals surface area contributed by atoms with Gasteiger partial charge in [-0.2, -0.15) is 0 Å². The summed E-state index contributed by atoms with van der Waals surface area (Å²) < 4.78 is 0. The zero-order chi connectivity index (χ0) is 15.0. The summed E-state index contributed by atoms with van der Waals surface area (Å²) in [5, 5.41) is 14.2. The number of aliphatic carboxylic acids is 1. The molecule has 1 aromatic rings. The Labute approximate surface area is 119 Å². The van der Waals surface area contributed by atoms with Gasteiger partial charge in [-0.05, 0) is 24.3 Å². The molecule has 0 saturated heterocycles. The zero-order valence-electron chi connectivity index (χ0n) is 11.9. The van der Waals surface area contributed by atoms with Crippen LogP contribution in [0.1, 0.15) is 25.8 Å². The molecule has 0 unspecified atom stereocenters. The van der Waals surface area contributed by atoms with Crippen LogP contribution in [0.15, 0.2) is 30.3 Å². The van der Waals surface area contributed by atoms with E-state index in [2.05, 4.69) is 10.6 Å². The Morgan fingerprint density at radius 2 is 1.85 bits per heavy atom. The van der Waals surface area contributed by atoms with E-state index in [1.165, 1.54) is 0 Å². The molecular formula is C15H22N2O3. The van der Waals surface area contributed by atoms with Gasteiger partial charge in [0.05, 0.1) is 0 Å². The van der Waals surface area contributed by atoms with E-state index >= 15 is 0 Å². The molecule has 20 heavy (non-hydrogen) atoms. The SMILES string of the molecule is CC(C)C[C@H](NC(=O)NCCc1ccccc1)C(=O)O. The van der Waals surface area contributed by atoms with Gasteiger partial charge in [0, 0.05) is 6.54 Å². The van der Waals surface area contributed by atoms with Crippen molar-refractivity contribution in [2.45, 2.75) is 32.7 Å². The van der Waals surface area contributed by atoms with Crippen LogP contribution in [0, 0.1) is 5.92 Å². The van der Waals surface area contributed by atoms with Gasteiger partial charge >= 0.3 is 12.0 Å². The zero-order valence-corrected chi connectivity index (χ0v) is 11.9. The summed E-state index contributed by atoms with van der Waals surface area (Å²) in [6, 6.07) is 8.52. The van der Waals surface area contributed by atoms with Gasteiger partial charge in [0.1, 0.15) is 6.04 Å². The van der Waals surface area contributed by atoms with Gasteiger partial charge in [-0.1, -0.05) is 44.2 Å². The lowest BCUT2D eigenvalue weighted by Gasteiger charge is -2.16. The lowest BCUT2D eigenvalue weighted by atomic mass is 10.0. The monoisotopic (exact) mass is 278 g/mol. The van der Waals surface area contributed by atoms with Crippen molar-refractivity contribution in [2.24, 2.45) is 5.92 Å². The fraction of sp³-hybridized carbons (Fsp3) is 0.467. The van der Waals surface area contributed by atoms with Gasteiger partial charge in [0.2, 0.25) is 0 Å². The number of carbonyl (C=O) groups is 2. The summed E-state index contributed by atoms with van der Waals surface area (Å²) in [4.78, 5) is 22.7. The van der Waals surface area contributed by atoms with E-state index < -0.39 is 18.0 Å². The summed E-state index contributed by atoms with van der Waals surface area (Å²) >= 11 is 0. The van der Waals surface area contributed by atoms with Crippen LogP contribution >= 0.6 is 0 Å². The Kier molecular flexibility index (Phi) is 6.56. The largest absolute Gasteiger partial charge is 0.480 e. The predicted octanol–water partition coefficient (Wildman–Crippen LogP) is 2.03. The van der Waals surface area contributed by atoms with Crippen LogP contribution in [0.3, 0.4) is 0 Å². The van der Waals surface area contributed by atoms with Crippen molar-refractivity contribution in [3.8, 4) is 0 Å². The van der Waals surface area contributed by atoms with E-state index in [-0.39, 0.29) is 5.92 Å². The molecule has 0 bridgehead atoms. The minimum Gasteiger partial charge on any atom is -0.480 e. The van der Waals surface area contributed by atoms with Crippen molar-refractivity contribution >= 4 is 12.0 Å². The first-order valence-electron chi connectivity index (χ1n) is 6.80. The van der Waals surface area contributed by atoms with Crippen molar-refractivity contribution in [3.63, 3.8) is 0 Å². The molecule has 0 fully saturated rings. The second-order valence-corrected chi connectivity index (χ2v) is 5.16. The van der Waals surface area contributed by atoms with Gasteiger partial charge in [-0.3, -0.25) is 0 Å². The summed E-state index contributed by atoms with van der Waals surface area (Å²) in [6.45, 7) is 4.32. The summed E-state index contributed by atoms with van der Waals surface area (Å²) in [6.07, 6.45) is 1.14. The maximum atomic E-state index is 11.6. The van der Waals surface area contributed by atoms with E-state index in [4.69, 9.17) is 5.11 Å². The van der Waals surface area contributed by atoms with E-state index in [9.17, 15) is 9.59 Å². The number of benzene rings is 1. The van der Waals surface area contributed by atoms with Crippen LogP contribution in [0.2, 0.25) is 0 Å². The Balaban J connectivity index is 2.33. The smallest absolute Gasteiger partial charge is 0.326 e. The molecule has 1 atom stereocenters. The Morgan fingerprint density at radius 1 is 1.20 bits per heavy atom. The van der Waals surface area contributed by atoms with Crippen LogP contribution in [0.5, 0.6) is 0 Å². The number of carbonyl (C=O) groups excluding carboxylic acids is 1. The molecule has 0 aliphatic carbocycles. The summed E-state index contributed by atoms with van der Waals surface area (Å²) in [5.41, 5.74) is 1.13. The van der Waals surface area contributed by atoms with Crippen LogP contribution in [0.4, 0.5) is 4.79 Å². The van der Waals surface area contributed by atoms with Crippen molar-refractivity contribution < 1.29 is 14.7 Å². The minimum atomic E-state index is -1.00. The van der Waals surface area contributed by atoms with Gasteiger partial charge in [0.25, 0.3) is 0 Å². The van der Waals surface area contributed by atoms with Crippen LogP contribution in [-0.2, 0) is 11.2 Å². The van der Waals surface area contributed by atoms with Crippen molar-refractivity contribution in [1.82, 2.24) is 10.6 Å². The number of rotatable bonds is 7. The molecule has 0 aliphatic heterocycles. The minimum absolute atomic E-state index is 0.209. The molecule has 1 rings (SSSR count). The molecule has 0 aromatic heterocycles. The predicted molar refractivity (Wildman–Crippen MR) is 77.6 cm³/mol. The second-order valence-electron chi connectivity index (χ2n) is 5.16. The van der Waals surface area contributed by atoms with Gasteiger partial charge in [-0.25, -0.2) is 9.59 Å². The molecule has 1 aromatic carbocycles. The van der Waals surface area contributed by atoms with Crippen LogP contribution < -0.4 is 10.6 Å². The van der Waals surface area contributed by atoms with Crippen LogP contribution in [-0.4, -0.2) is 29.7 Å². The fourth-order valence-electron chi connectivity index (χ4n) is 1.87. The Bertz CT molecular complexity index is 432. The molecule has 0 saturated carbocycles. The average Bonchev–Trinajstić information content (AvgIpc) is 2.38. The second kappa shape index (κ2) is 8.19. The topological polar surface area (TPSA) is 78.4 Å². The molecule has 5 heteroatoms. The first-order chi connectivity index (χ1) is 9.49. The lowest BCUT2D eigenvalue weighted by Crippen LogP contribution is -2.47. The first kappa shape index (κ1) is 16.0.